The van der Waals surface area contributed by atoms with Crippen molar-refractivity contribution >= 4 is 48.8 Å². The number of halogens is 1. The number of amidine groups is 1. The van der Waals surface area contributed by atoms with Crippen LogP contribution in [0.3, 0.4) is 0 Å². The molecule has 0 amide bonds. The number of rotatable bonds is 6. The second-order valence-corrected chi connectivity index (χ2v) is 10.7. The van der Waals surface area contributed by atoms with Crippen LogP contribution in [0.1, 0.15) is 17.8 Å². The van der Waals surface area contributed by atoms with Crippen LogP contribution in [0.5, 0.6) is 0 Å². The Bertz CT molecular complexity index is 1250. The van der Waals surface area contributed by atoms with Crippen LogP contribution in [0.15, 0.2) is 67.7 Å². The van der Waals surface area contributed by atoms with Crippen LogP contribution in [0.4, 0.5) is 5.69 Å². The Hall–Kier alpha value is -2.63. The molecule has 1 aliphatic rings. The molecule has 0 atom stereocenters. The minimum Gasteiger partial charge on any atom is -0.359 e. The van der Waals surface area contributed by atoms with E-state index in [1.54, 1.807) is 0 Å². The van der Waals surface area contributed by atoms with Gasteiger partial charge in [0.15, 0.2) is 0 Å². The predicted molar refractivity (Wildman–Crippen MR) is 127 cm³/mol. The number of hydrogen-bond acceptors (Lipinski definition) is 6. The first-order valence-corrected chi connectivity index (χ1v) is 13.0. The van der Waals surface area contributed by atoms with Gasteiger partial charge in [-0.25, -0.2) is 4.98 Å². The zero-order valence-corrected chi connectivity index (χ0v) is 20.1. The summed E-state index contributed by atoms with van der Waals surface area (Å²) in [6.07, 6.45) is 2.24. The first-order valence-electron chi connectivity index (χ1n) is 9.85. The Balaban J connectivity index is 1.62. The summed E-state index contributed by atoms with van der Waals surface area (Å²) in [6.45, 7) is 1.47. The topological polar surface area (TPSA) is 106 Å². The van der Waals surface area contributed by atoms with Gasteiger partial charge in [0.25, 0.3) is 15.7 Å². The highest BCUT2D eigenvalue weighted by molar-refractivity contribution is 9.10. The van der Waals surface area contributed by atoms with Crippen LogP contribution in [0.2, 0.25) is 0 Å². The second-order valence-electron chi connectivity index (χ2n) is 7.24. The predicted octanol–water partition coefficient (Wildman–Crippen LogP) is 4.91. The molecule has 32 heavy (non-hydrogen) atoms. The van der Waals surface area contributed by atoms with E-state index in [-0.39, 0.29) is 10.6 Å². The van der Waals surface area contributed by atoms with E-state index in [0.29, 0.717) is 12.3 Å². The van der Waals surface area contributed by atoms with Gasteiger partial charge in [0.1, 0.15) is 10.8 Å². The maximum absolute atomic E-state index is 12.9. The van der Waals surface area contributed by atoms with Gasteiger partial charge in [-0.05, 0) is 37.1 Å². The standard InChI is InChI=1S/C21H19BrN4O4S2/c22-16-5-3-15(4-6-16)19-14-31-21(23-19)13-20(25-11-1-2-12-25)24-32(29,30)18-9-7-17(8-10-18)26(27)28/h3-10,14H,1-2,11-13H2/b24-20+. The van der Waals surface area contributed by atoms with E-state index in [1.807, 2.05) is 34.5 Å². The number of nitro benzene ring substituents is 1. The Kier molecular flexibility index (Phi) is 6.68. The maximum atomic E-state index is 12.9. The fourth-order valence-electron chi connectivity index (χ4n) is 3.39. The number of sulfonamides is 1. The largest absolute Gasteiger partial charge is 0.359 e. The van der Waals surface area contributed by atoms with Gasteiger partial charge in [-0.2, -0.15) is 8.42 Å². The van der Waals surface area contributed by atoms with E-state index in [4.69, 9.17) is 0 Å². The molecule has 11 heteroatoms. The highest BCUT2D eigenvalue weighted by Crippen LogP contribution is 2.25. The SMILES string of the molecule is O=[N+]([O-])c1ccc(S(=O)(=O)/N=C(\Cc2nc(-c3ccc(Br)cc3)cs2)N2CCCC2)cc1. The average molecular weight is 535 g/mol. The van der Waals surface area contributed by atoms with Gasteiger partial charge in [0.2, 0.25) is 0 Å². The maximum Gasteiger partial charge on any atom is 0.283 e. The molecule has 0 saturated carbocycles. The van der Waals surface area contributed by atoms with Crippen LogP contribution < -0.4 is 0 Å². The Morgan fingerprint density at radius 2 is 1.78 bits per heavy atom. The molecule has 2 aromatic carbocycles. The summed E-state index contributed by atoms with van der Waals surface area (Å²) < 4.78 is 31.0. The fourth-order valence-corrected chi connectivity index (χ4v) is 5.50. The lowest BCUT2D eigenvalue weighted by molar-refractivity contribution is -0.384. The van der Waals surface area contributed by atoms with Crippen molar-refractivity contribution in [2.24, 2.45) is 4.40 Å². The molecule has 0 radical (unpaired) electrons. The number of thiazole rings is 1. The van der Waals surface area contributed by atoms with E-state index in [2.05, 4.69) is 25.3 Å². The van der Waals surface area contributed by atoms with Crippen LogP contribution in [0.25, 0.3) is 11.3 Å². The van der Waals surface area contributed by atoms with Crippen molar-refractivity contribution in [3.63, 3.8) is 0 Å². The monoisotopic (exact) mass is 534 g/mol. The number of hydrogen-bond donors (Lipinski definition) is 0. The zero-order valence-electron chi connectivity index (χ0n) is 16.8. The Morgan fingerprint density at radius 1 is 1.12 bits per heavy atom. The van der Waals surface area contributed by atoms with Crippen molar-refractivity contribution < 1.29 is 13.3 Å². The minimum atomic E-state index is -4.01. The number of non-ortho nitro benzene ring substituents is 1. The van der Waals surface area contributed by atoms with E-state index in [1.165, 1.54) is 35.6 Å². The summed E-state index contributed by atoms with van der Waals surface area (Å²) in [5.41, 5.74) is 1.64. The molecule has 8 nitrogen and oxygen atoms in total. The van der Waals surface area contributed by atoms with Crippen molar-refractivity contribution in [3.05, 3.63) is 73.5 Å². The van der Waals surface area contributed by atoms with Gasteiger partial charge in [0, 0.05) is 40.6 Å². The van der Waals surface area contributed by atoms with E-state index in [9.17, 15) is 18.5 Å². The van der Waals surface area contributed by atoms with Gasteiger partial charge < -0.3 is 4.90 Å². The molecular weight excluding hydrogens is 516 g/mol. The summed E-state index contributed by atoms with van der Waals surface area (Å²) >= 11 is 4.88. The van der Waals surface area contributed by atoms with E-state index < -0.39 is 14.9 Å². The third kappa shape index (κ3) is 5.22. The van der Waals surface area contributed by atoms with E-state index >= 15 is 0 Å². The van der Waals surface area contributed by atoms with Crippen LogP contribution in [0, 0.1) is 10.1 Å². The molecule has 0 spiro atoms. The molecule has 0 bridgehead atoms. The average Bonchev–Trinajstić information content (AvgIpc) is 3.46. The molecule has 2 heterocycles. The first kappa shape index (κ1) is 22.6. The molecule has 0 N–H and O–H groups in total. The highest BCUT2D eigenvalue weighted by atomic mass is 79.9. The molecule has 0 aliphatic carbocycles. The molecule has 1 saturated heterocycles. The van der Waals surface area contributed by atoms with Gasteiger partial charge in [-0.3, -0.25) is 10.1 Å². The molecule has 0 unspecified atom stereocenters. The smallest absolute Gasteiger partial charge is 0.283 e. The van der Waals surface area contributed by atoms with Gasteiger partial charge in [-0.15, -0.1) is 15.7 Å². The second kappa shape index (κ2) is 9.47. The molecule has 1 aromatic heterocycles. The Labute approximate surface area is 198 Å². The Morgan fingerprint density at radius 3 is 2.41 bits per heavy atom. The molecule has 4 rings (SSSR count). The molecule has 3 aromatic rings. The normalized spacial score (nSPS) is 14.7. The minimum absolute atomic E-state index is 0.0745. The third-order valence-electron chi connectivity index (χ3n) is 5.04. The quantitative estimate of drug-likeness (QED) is 0.192. The number of nitro groups is 1. The third-order valence-corrected chi connectivity index (χ3v) is 7.74. The highest BCUT2D eigenvalue weighted by Gasteiger charge is 2.23. The zero-order chi connectivity index (χ0) is 22.7. The first-order chi connectivity index (χ1) is 15.3. The van der Waals surface area contributed by atoms with Gasteiger partial charge >= 0.3 is 0 Å². The fraction of sp³-hybridized carbons (Fsp3) is 0.238. The van der Waals surface area contributed by atoms with Crippen LogP contribution in [-0.2, 0) is 16.4 Å². The molecular formula is C21H19BrN4O4S2. The van der Waals surface area contributed by atoms with Crippen LogP contribution >= 0.6 is 27.3 Å². The van der Waals surface area contributed by atoms with Crippen LogP contribution in [-0.4, -0.2) is 42.2 Å². The summed E-state index contributed by atoms with van der Waals surface area (Å²) in [5, 5.41) is 13.6. The number of likely N-dealkylation sites (tertiary alicyclic amines) is 1. The van der Waals surface area contributed by atoms with Crippen molar-refractivity contribution in [1.82, 2.24) is 9.88 Å². The lowest BCUT2D eigenvalue weighted by atomic mass is 10.2. The summed E-state index contributed by atoms with van der Waals surface area (Å²) in [5.74, 6) is 0.442. The van der Waals surface area contributed by atoms with Crippen molar-refractivity contribution in [2.75, 3.05) is 13.1 Å². The van der Waals surface area contributed by atoms with E-state index in [0.717, 1.165) is 46.7 Å². The van der Waals surface area contributed by atoms with Crippen molar-refractivity contribution in [3.8, 4) is 11.3 Å². The van der Waals surface area contributed by atoms with Gasteiger partial charge in [-0.1, -0.05) is 28.1 Å². The summed E-state index contributed by atoms with van der Waals surface area (Å²) in [7, 11) is -4.01. The number of benzene rings is 2. The number of nitrogens with zero attached hydrogens (tertiary/aromatic N) is 4. The van der Waals surface area contributed by atoms with Gasteiger partial charge in [0.05, 0.1) is 21.9 Å². The van der Waals surface area contributed by atoms with Crippen molar-refractivity contribution in [2.45, 2.75) is 24.2 Å². The van der Waals surface area contributed by atoms with Crippen molar-refractivity contribution in [1.29, 1.82) is 0 Å². The molecule has 1 fully saturated rings. The lowest BCUT2D eigenvalue weighted by Gasteiger charge is -2.19. The lowest BCUT2D eigenvalue weighted by Crippen LogP contribution is -2.30. The molecule has 1 aliphatic heterocycles. The molecule has 166 valence electrons. The number of aromatic nitrogens is 1. The summed E-state index contributed by atoms with van der Waals surface area (Å²) in [4.78, 5) is 16.9. The summed E-state index contributed by atoms with van der Waals surface area (Å²) in [6, 6.07) is 12.6.